The molecule has 1 atom stereocenters. The highest BCUT2D eigenvalue weighted by atomic mass is 16.5. The second kappa shape index (κ2) is 5.06. The van der Waals surface area contributed by atoms with Crippen LogP contribution in [0, 0.1) is 11.8 Å². The van der Waals surface area contributed by atoms with Gasteiger partial charge in [0.05, 0.1) is 12.5 Å². The highest BCUT2D eigenvalue weighted by molar-refractivity contribution is 5.70. The minimum Gasteiger partial charge on any atom is -0.481 e. The molecular weight excluding hydrogens is 234 g/mol. The third-order valence-corrected chi connectivity index (χ3v) is 3.44. The third kappa shape index (κ3) is 2.69. The Balaban J connectivity index is 1.81. The average Bonchev–Trinajstić information content (AvgIpc) is 2.70. The summed E-state index contributed by atoms with van der Waals surface area (Å²) in [5.74, 6) is 0.824. The standard InChI is InChI=1S/C12H19N3O3/c1-7(2)11-13-10(18-14-11)6-15-4-9(5-15)8(3)12(16)17/h7-9H,4-6H2,1-3H3,(H,16,17). The lowest BCUT2D eigenvalue weighted by Gasteiger charge is -2.40. The predicted octanol–water partition coefficient (Wildman–Crippen LogP) is 1.35. The first-order chi connectivity index (χ1) is 8.47. The lowest BCUT2D eigenvalue weighted by atomic mass is 9.87. The van der Waals surface area contributed by atoms with Gasteiger partial charge in [0.1, 0.15) is 0 Å². The quantitative estimate of drug-likeness (QED) is 0.853. The highest BCUT2D eigenvalue weighted by Crippen LogP contribution is 2.25. The van der Waals surface area contributed by atoms with Gasteiger partial charge in [0.2, 0.25) is 5.89 Å². The van der Waals surface area contributed by atoms with Crippen LogP contribution in [0.5, 0.6) is 0 Å². The van der Waals surface area contributed by atoms with Crippen molar-refractivity contribution in [1.29, 1.82) is 0 Å². The number of hydrogen-bond acceptors (Lipinski definition) is 5. The molecule has 100 valence electrons. The Morgan fingerprint density at radius 2 is 2.17 bits per heavy atom. The smallest absolute Gasteiger partial charge is 0.306 e. The fourth-order valence-corrected chi connectivity index (χ4v) is 2.01. The molecule has 1 fully saturated rings. The summed E-state index contributed by atoms with van der Waals surface area (Å²) in [4.78, 5) is 17.2. The number of likely N-dealkylation sites (tertiary alicyclic amines) is 1. The van der Waals surface area contributed by atoms with Crippen molar-refractivity contribution in [3.05, 3.63) is 11.7 Å². The van der Waals surface area contributed by atoms with Crippen LogP contribution in [0.3, 0.4) is 0 Å². The van der Waals surface area contributed by atoms with E-state index in [0.717, 1.165) is 18.9 Å². The Morgan fingerprint density at radius 3 is 2.67 bits per heavy atom. The van der Waals surface area contributed by atoms with Crippen molar-refractivity contribution in [1.82, 2.24) is 15.0 Å². The molecule has 0 aliphatic carbocycles. The van der Waals surface area contributed by atoms with E-state index in [1.165, 1.54) is 0 Å². The normalized spacial score (nSPS) is 18.9. The van der Waals surface area contributed by atoms with Crippen molar-refractivity contribution in [2.45, 2.75) is 33.2 Å². The van der Waals surface area contributed by atoms with Gasteiger partial charge >= 0.3 is 5.97 Å². The van der Waals surface area contributed by atoms with Gasteiger partial charge in [-0.1, -0.05) is 25.9 Å². The van der Waals surface area contributed by atoms with E-state index in [1.54, 1.807) is 6.92 Å². The molecule has 1 unspecified atom stereocenters. The number of carboxylic acid groups (broad SMARTS) is 1. The molecular formula is C12H19N3O3. The van der Waals surface area contributed by atoms with Gasteiger partial charge in [-0.15, -0.1) is 0 Å². The molecule has 2 heterocycles. The maximum Gasteiger partial charge on any atom is 0.306 e. The van der Waals surface area contributed by atoms with E-state index in [2.05, 4.69) is 15.0 Å². The fraction of sp³-hybridized carbons (Fsp3) is 0.750. The van der Waals surface area contributed by atoms with E-state index < -0.39 is 5.97 Å². The summed E-state index contributed by atoms with van der Waals surface area (Å²) < 4.78 is 5.16. The van der Waals surface area contributed by atoms with Gasteiger partial charge < -0.3 is 9.63 Å². The van der Waals surface area contributed by atoms with Crippen LogP contribution >= 0.6 is 0 Å². The Morgan fingerprint density at radius 1 is 1.50 bits per heavy atom. The number of aliphatic carboxylic acids is 1. The molecule has 18 heavy (non-hydrogen) atoms. The zero-order chi connectivity index (χ0) is 13.3. The molecule has 2 rings (SSSR count). The third-order valence-electron chi connectivity index (χ3n) is 3.44. The molecule has 0 amide bonds. The van der Waals surface area contributed by atoms with E-state index in [-0.39, 0.29) is 17.8 Å². The highest BCUT2D eigenvalue weighted by Gasteiger charge is 2.35. The minimum atomic E-state index is -0.723. The summed E-state index contributed by atoms with van der Waals surface area (Å²) in [5, 5.41) is 12.8. The average molecular weight is 253 g/mol. The zero-order valence-electron chi connectivity index (χ0n) is 11.0. The lowest BCUT2D eigenvalue weighted by molar-refractivity contribution is -0.145. The van der Waals surface area contributed by atoms with E-state index in [1.807, 2.05) is 13.8 Å². The first kappa shape index (κ1) is 13.0. The molecule has 0 radical (unpaired) electrons. The van der Waals surface area contributed by atoms with Crippen molar-refractivity contribution in [2.75, 3.05) is 13.1 Å². The van der Waals surface area contributed by atoms with Gasteiger partial charge in [0, 0.05) is 19.0 Å². The Hall–Kier alpha value is -1.43. The van der Waals surface area contributed by atoms with Crippen LogP contribution in [0.25, 0.3) is 0 Å². The molecule has 0 saturated carbocycles. The van der Waals surface area contributed by atoms with Crippen molar-refractivity contribution in [3.63, 3.8) is 0 Å². The largest absolute Gasteiger partial charge is 0.481 e. The van der Waals surface area contributed by atoms with E-state index >= 15 is 0 Å². The van der Waals surface area contributed by atoms with Crippen LogP contribution in [-0.2, 0) is 11.3 Å². The van der Waals surface area contributed by atoms with E-state index in [0.29, 0.717) is 12.4 Å². The summed E-state index contributed by atoms with van der Waals surface area (Å²) in [6.07, 6.45) is 0. The van der Waals surface area contributed by atoms with Gasteiger partial charge in [-0.2, -0.15) is 4.98 Å². The van der Waals surface area contributed by atoms with Gasteiger partial charge in [-0.3, -0.25) is 9.69 Å². The molecule has 0 aromatic carbocycles. The van der Waals surface area contributed by atoms with Crippen molar-refractivity contribution >= 4 is 5.97 Å². The van der Waals surface area contributed by atoms with Crippen LogP contribution in [0.1, 0.15) is 38.4 Å². The molecule has 1 aliphatic heterocycles. The van der Waals surface area contributed by atoms with E-state index in [9.17, 15) is 4.79 Å². The molecule has 1 saturated heterocycles. The van der Waals surface area contributed by atoms with Crippen molar-refractivity contribution in [2.24, 2.45) is 11.8 Å². The summed E-state index contributed by atoms with van der Waals surface area (Å²) in [5.41, 5.74) is 0. The maximum atomic E-state index is 10.8. The second-order valence-electron chi connectivity index (χ2n) is 5.28. The number of carbonyl (C=O) groups is 1. The number of aromatic nitrogens is 2. The Bertz CT molecular complexity index is 424. The SMILES string of the molecule is CC(C)c1noc(CN2CC(C(C)C(=O)O)C2)n1. The molecule has 1 aromatic heterocycles. The molecule has 6 heteroatoms. The van der Waals surface area contributed by atoms with Crippen LogP contribution in [0.2, 0.25) is 0 Å². The second-order valence-corrected chi connectivity index (χ2v) is 5.28. The molecule has 0 bridgehead atoms. The lowest BCUT2D eigenvalue weighted by Crippen LogP contribution is -2.50. The Kier molecular flexibility index (Phi) is 3.65. The van der Waals surface area contributed by atoms with Crippen LogP contribution < -0.4 is 0 Å². The number of rotatable bonds is 5. The number of nitrogens with zero attached hydrogens (tertiary/aromatic N) is 3. The fourth-order valence-electron chi connectivity index (χ4n) is 2.01. The van der Waals surface area contributed by atoms with Gasteiger partial charge in [0.15, 0.2) is 5.82 Å². The van der Waals surface area contributed by atoms with Gasteiger partial charge in [-0.05, 0) is 5.92 Å². The summed E-state index contributed by atoms with van der Waals surface area (Å²) in [6, 6.07) is 0. The summed E-state index contributed by atoms with van der Waals surface area (Å²) in [6.45, 7) is 7.97. The summed E-state index contributed by atoms with van der Waals surface area (Å²) >= 11 is 0. The first-order valence-corrected chi connectivity index (χ1v) is 6.25. The van der Waals surface area contributed by atoms with Crippen LogP contribution in [0.4, 0.5) is 0 Å². The van der Waals surface area contributed by atoms with Crippen LogP contribution in [0.15, 0.2) is 4.52 Å². The number of carboxylic acids is 1. The first-order valence-electron chi connectivity index (χ1n) is 6.25. The van der Waals surface area contributed by atoms with Gasteiger partial charge in [-0.25, -0.2) is 0 Å². The Labute approximate surface area is 106 Å². The van der Waals surface area contributed by atoms with Crippen LogP contribution in [-0.4, -0.2) is 39.2 Å². The number of hydrogen-bond donors (Lipinski definition) is 1. The minimum absolute atomic E-state index is 0.231. The predicted molar refractivity (Wildman–Crippen MR) is 64.0 cm³/mol. The maximum absolute atomic E-state index is 10.8. The molecule has 1 aliphatic rings. The summed E-state index contributed by atoms with van der Waals surface area (Å²) in [7, 11) is 0. The molecule has 1 N–H and O–H groups in total. The molecule has 1 aromatic rings. The molecule has 0 spiro atoms. The van der Waals surface area contributed by atoms with Crippen molar-refractivity contribution in [3.8, 4) is 0 Å². The monoisotopic (exact) mass is 253 g/mol. The van der Waals surface area contributed by atoms with Crippen molar-refractivity contribution < 1.29 is 14.4 Å². The zero-order valence-corrected chi connectivity index (χ0v) is 11.0. The molecule has 6 nitrogen and oxygen atoms in total. The topological polar surface area (TPSA) is 79.5 Å². The van der Waals surface area contributed by atoms with E-state index in [4.69, 9.17) is 9.63 Å². The van der Waals surface area contributed by atoms with Gasteiger partial charge in [0.25, 0.3) is 0 Å².